The van der Waals surface area contributed by atoms with E-state index in [9.17, 15) is 9.59 Å². The zero-order valence-electron chi connectivity index (χ0n) is 15.9. The maximum atomic E-state index is 12.4. The van der Waals surface area contributed by atoms with E-state index >= 15 is 0 Å². The molecule has 1 aliphatic rings. The average Bonchev–Trinajstić information content (AvgIpc) is 3.01. The highest BCUT2D eigenvalue weighted by Crippen LogP contribution is 2.20. The van der Waals surface area contributed by atoms with E-state index in [4.69, 9.17) is 4.74 Å². The van der Waals surface area contributed by atoms with Crippen LogP contribution in [0, 0.1) is 13.8 Å². The molecule has 8 heteroatoms. The molecule has 0 atom stereocenters. The fourth-order valence-electron chi connectivity index (χ4n) is 3.14. The van der Waals surface area contributed by atoms with Gasteiger partial charge in [0.05, 0.1) is 23.7 Å². The van der Waals surface area contributed by atoms with Crippen LogP contribution in [0.4, 0.5) is 0 Å². The smallest absolute Gasteiger partial charge is 0.263 e. The summed E-state index contributed by atoms with van der Waals surface area (Å²) < 4.78 is 4.99. The van der Waals surface area contributed by atoms with Gasteiger partial charge >= 0.3 is 0 Å². The number of carbonyl (C=O) groups excluding carboxylic acids is 2. The summed E-state index contributed by atoms with van der Waals surface area (Å²) in [6.07, 6.45) is 2.94. The number of nitrogens with one attached hydrogen (secondary N) is 1. The lowest BCUT2D eigenvalue weighted by Crippen LogP contribution is -2.36. The van der Waals surface area contributed by atoms with Gasteiger partial charge in [-0.05, 0) is 31.0 Å². The van der Waals surface area contributed by atoms with Crippen LogP contribution < -0.4 is 5.32 Å². The minimum absolute atomic E-state index is 0.0947. The Morgan fingerprint density at radius 2 is 2.19 bits per heavy atom. The Hall–Kier alpha value is -2.32. The maximum absolute atomic E-state index is 12.4. The molecule has 0 aromatic carbocycles. The number of aryl methyl sites for hydroxylation is 2. The summed E-state index contributed by atoms with van der Waals surface area (Å²) in [6, 6.07) is 2.03. The summed E-state index contributed by atoms with van der Waals surface area (Å²) in [5, 5.41) is 3.81. The molecule has 3 heterocycles. The van der Waals surface area contributed by atoms with Crippen molar-refractivity contribution < 1.29 is 14.3 Å². The number of hydrogen-bond acceptors (Lipinski definition) is 6. The van der Waals surface area contributed by atoms with E-state index in [0.29, 0.717) is 37.5 Å². The summed E-state index contributed by atoms with van der Waals surface area (Å²) in [7, 11) is 1.60. The summed E-state index contributed by atoms with van der Waals surface area (Å²) in [5.41, 5.74) is 3.74. The van der Waals surface area contributed by atoms with Crippen LogP contribution in [0.25, 0.3) is 0 Å². The standard InChI is InChI=1S/C19H24N4O3S/c1-12-18(27-13(2)22-12)19(25)21-10-14-8-15-11-23(17(24)5-7-26-3)6-4-16(15)20-9-14/h8-9H,4-7,10-11H2,1-3H3,(H,21,25). The van der Waals surface area contributed by atoms with Gasteiger partial charge in [0, 0.05) is 45.1 Å². The van der Waals surface area contributed by atoms with Crippen molar-refractivity contribution in [3.05, 3.63) is 44.7 Å². The van der Waals surface area contributed by atoms with Crippen LogP contribution in [0.5, 0.6) is 0 Å². The van der Waals surface area contributed by atoms with Gasteiger partial charge in [0.15, 0.2) is 0 Å². The lowest BCUT2D eigenvalue weighted by atomic mass is 10.0. The van der Waals surface area contributed by atoms with E-state index < -0.39 is 0 Å². The van der Waals surface area contributed by atoms with Gasteiger partial charge in [0.2, 0.25) is 5.91 Å². The van der Waals surface area contributed by atoms with Crippen molar-refractivity contribution in [1.29, 1.82) is 0 Å². The molecule has 1 aliphatic heterocycles. The molecule has 0 unspecified atom stereocenters. The van der Waals surface area contributed by atoms with Gasteiger partial charge in [-0.15, -0.1) is 11.3 Å². The molecule has 144 valence electrons. The minimum Gasteiger partial charge on any atom is -0.384 e. The number of ether oxygens (including phenoxy) is 1. The highest BCUT2D eigenvalue weighted by atomic mass is 32.1. The number of thiazole rings is 1. The molecule has 27 heavy (non-hydrogen) atoms. The predicted molar refractivity (Wildman–Crippen MR) is 103 cm³/mol. The zero-order chi connectivity index (χ0) is 19.4. The first kappa shape index (κ1) is 19.4. The molecule has 2 aromatic heterocycles. The van der Waals surface area contributed by atoms with Crippen molar-refractivity contribution in [3.63, 3.8) is 0 Å². The van der Waals surface area contributed by atoms with E-state index in [-0.39, 0.29) is 11.8 Å². The topological polar surface area (TPSA) is 84.4 Å². The number of pyridine rings is 1. The second-order valence-corrected chi connectivity index (χ2v) is 7.79. The molecule has 0 radical (unpaired) electrons. The summed E-state index contributed by atoms with van der Waals surface area (Å²) in [6.45, 7) is 5.80. The summed E-state index contributed by atoms with van der Waals surface area (Å²) in [4.78, 5) is 35.9. The first-order valence-electron chi connectivity index (χ1n) is 8.93. The van der Waals surface area contributed by atoms with Gasteiger partial charge < -0.3 is 15.0 Å². The largest absolute Gasteiger partial charge is 0.384 e. The lowest BCUT2D eigenvalue weighted by Gasteiger charge is -2.28. The van der Waals surface area contributed by atoms with Gasteiger partial charge in [-0.2, -0.15) is 0 Å². The number of amides is 2. The number of fused-ring (bicyclic) bond motifs is 1. The number of carbonyl (C=O) groups is 2. The summed E-state index contributed by atoms with van der Waals surface area (Å²) in [5.74, 6) is -0.0237. The van der Waals surface area contributed by atoms with Gasteiger partial charge in [0.25, 0.3) is 5.91 Å². The van der Waals surface area contributed by atoms with Crippen LogP contribution in [0.1, 0.15) is 43.6 Å². The van der Waals surface area contributed by atoms with Crippen LogP contribution in [-0.4, -0.2) is 46.9 Å². The molecule has 0 aliphatic carbocycles. The Balaban J connectivity index is 1.63. The third-order valence-electron chi connectivity index (χ3n) is 4.53. The number of hydrogen-bond donors (Lipinski definition) is 1. The first-order valence-corrected chi connectivity index (χ1v) is 9.75. The van der Waals surface area contributed by atoms with E-state index in [1.165, 1.54) is 11.3 Å². The SMILES string of the molecule is COCCC(=O)N1CCc2ncc(CNC(=O)c3sc(C)nc3C)cc2C1. The van der Waals surface area contributed by atoms with E-state index in [0.717, 1.165) is 33.9 Å². The molecule has 1 N–H and O–H groups in total. The molecule has 7 nitrogen and oxygen atoms in total. The van der Waals surface area contributed by atoms with E-state index in [1.807, 2.05) is 24.8 Å². The van der Waals surface area contributed by atoms with Crippen molar-refractivity contribution in [2.24, 2.45) is 0 Å². The van der Waals surface area contributed by atoms with Crippen molar-refractivity contribution in [1.82, 2.24) is 20.2 Å². The average molecular weight is 388 g/mol. The van der Waals surface area contributed by atoms with E-state index in [1.54, 1.807) is 13.3 Å². The Morgan fingerprint density at radius 1 is 1.37 bits per heavy atom. The summed E-state index contributed by atoms with van der Waals surface area (Å²) >= 11 is 1.40. The second-order valence-electron chi connectivity index (χ2n) is 6.59. The van der Waals surface area contributed by atoms with Gasteiger partial charge in [-0.3, -0.25) is 14.6 Å². The van der Waals surface area contributed by atoms with Crippen LogP contribution in [0.2, 0.25) is 0 Å². The first-order chi connectivity index (χ1) is 13.0. The molecule has 0 fully saturated rings. The predicted octanol–water partition coefficient (Wildman–Crippen LogP) is 2.01. The molecule has 0 spiro atoms. The number of rotatable bonds is 6. The molecule has 0 saturated carbocycles. The molecule has 2 amide bonds. The van der Waals surface area contributed by atoms with E-state index in [2.05, 4.69) is 15.3 Å². The van der Waals surface area contributed by atoms with Crippen molar-refractivity contribution in [2.75, 3.05) is 20.3 Å². The molecule has 2 aromatic rings. The molecular weight excluding hydrogens is 364 g/mol. The van der Waals surface area contributed by atoms with Gasteiger partial charge in [-0.25, -0.2) is 4.98 Å². The van der Waals surface area contributed by atoms with Crippen LogP contribution in [0.3, 0.4) is 0 Å². The molecule has 3 rings (SSSR count). The molecule has 0 bridgehead atoms. The second kappa shape index (κ2) is 8.58. The highest BCUT2D eigenvalue weighted by molar-refractivity contribution is 7.13. The Kier molecular flexibility index (Phi) is 6.18. The van der Waals surface area contributed by atoms with Gasteiger partial charge in [-0.1, -0.05) is 0 Å². The van der Waals surface area contributed by atoms with Crippen molar-refractivity contribution in [2.45, 2.75) is 39.8 Å². The monoisotopic (exact) mass is 388 g/mol. The third-order valence-corrected chi connectivity index (χ3v) is 5.60. The van der Waals surface area contributed by atoms with Crippen LogP contribution >= 0.6 is 11.3 Å². The van der Waals surface area contributed by atoms with Crippen molar-refractivity contribution in [3.8, 4) is 0 Å². The third kappa shape index (κ3) is 4.70. The highest BCUT2D eigenvalue weighted by Gasteiger charge is 2.21. The van der Waals surface area contributed by atoms with Crippen LogP contribution in [-0.2, 0) is 29.0 Å². The zero-order valence-corrected chi connectivity index (χ0v) is 16.7. The molecular formula is C19H24N4O3S. The fraction of sp³-hybridized carbons (Fsp3) is 0.474. The lowest BCUT2D eigenvalue weighted by molar-refractivity contribution is -0.133. The van der Waals surface area contributed by atoms with Crippen LogP contribution in [0.15, 0.2) is 12.3 Å². The normalized spacial score (nSPS) is 13.4. The van der Waals surface area contributed by atoms with Crippen molar-refractivity contribution >= 4 is 23.2 Å². The Labute approximate surface area is 162 Å². The minimum atomic E-state index is -0.118. The Bertz CT molecular complexity index is 849. The Morgan fingerprint density at radius 3 is 2.89 bits per heavy atom. The number of aromatic nitrogens is 2. The molecule has 0 saturated heterocycles. The fourth-order valence-corrected chi connectivity index (χ4v) is 3.97. The maximum Gasteiger partial charge on any atom is 0.263 e. The number of nitrogens with zero attached hydrogens (tertiary/aromatic N) is 3. The van der Waals surface area contributed by atoms with Gasteiger partial charge in [0.1, 0.15) is 4.88 Å². The quantitative estimate of drug-likeness (QED) is 0.818. The number of methoxy groups -OCH3 is 1.